The van der Waals surface area contributed by atoms with Crippen molar-refractivity contribution in [2.24, 2.45) is 0 Å². The first-order valence-electron chi connectivity index (χ1n) is 8.71. The Morgan fingerprint density at radius 2 is 1.74 bits per heavy atom. The van der Waals surface area contributed by atoms with Crippen LogP contribution in [0.1, 0.15) is 12.8 Å². The Labute approximate surface area is 161 Å². The molecule has 1 fully saturated rings. The van der Waals surface area contributed by atoms with Crippen LogP contribution in [0.2, 0.25) is 5.02 Å². The van der Waals surface area contributed by atoms with Gasteiger partial charge in [-0.15, -0.1) is 0 Å². The number of hydrogen-bond donors (Lipinski definition) is 1. The Morgan fingerprint density at radius 1 is 1.04 bits per heavy atom. The lowest BCUT2D eigenvalue weighted by molar-refractivity contribution is -0.133. The molecule has 2 heterocycles. The van der Waals surface area contributed by atoms with E-state index in [0.717, 1.165) is 5.69 Å². The number of aromatic nitrogens is 1. The molecule has 0 saturated carbocycles. The third-order valence-corrected chi connectivity index (χ3v) is 4.61. The molecule has 0 bridgehead atoms. The topological polar surface area (TPSA) is 65.5 Å². The summed E-state index contributed by atoms with van der Waals surface area (Å²) in [5.74, 6) is -0.166. The van der Waals surface area contributed by atoms with Crippen molar-refractivity contribution in [3.63, 3.8) is 0 Å². The lowest BCUT2D eigenvalue weighted by Gasteiger charge is -2.36. The second-order valence-electron chi connectivity index (χ2n) is 6.25. The van der Waals surface area contributed by atoms with Crippen LogP contribution in [0.15, 0.2) is 42.6 Å². The predicted octanol–water partition coefficient (Wildman–Crippen LogP) is 2.94. The first kappa shape index (κ1) is 19.1. The summed E-state index contributed by atoms with van der Waals surface area (Å²) < 4.78 is 13.0. The van der Waals surface area contributed by atoms with Crippen LogP contribution in [0.3, 0.4) is 0 Å². The quantitative estimate of drug-likeness (QED) is 0.852. The summed E-state index contributed by atoms with van der Waals surface area (Å²) in [5, 5.41) is 3.13. The van der Waals surface area contributed by atoms with Gasteiger partial charge in [-0.05, 0) is 36.4 Å². The molecule has 142 valence electrons. The number of benzene rings is 1. The fourth-order valence-corrected chi connectivity index (χ4v) is 3.01. The lowest BCUT2D eigenvalue weighted by atomic mass is 10.2. The summed E-state index contributed by atoms with van der Waals surface area (Å²) in [6.45, 7) is 2.52. The van der Waals surface area contributed by atoms with E-state index in [9.17, 15) is 14.0 Å². The van der Waals surface area contributed by atoms with Gasteiger partial charge in [0, 0.05) is 50.9 Å². The summed E-state index contributed by atoms with van der Waals surface area (Å²) in [6.07, 6.45) is 1.69. The van der Waals surface area contributed by atoms with Crippen molar-refractivity contribution in [2.45, 2.75) is 12.8 Å². The molecule has 0 radical (unpaired) electrons. The van der Waals surface area contributed by atoms with Crippen molar-refractivity contribution in [3.05, 3.63) is 53.4 Å². The SMILES string of the molecule is O=C(CCC(=O)N1CCN(c2ccc(F)cc2)CC1)Nc1ccc(Cl)cn1. The number of rotatable bonds is 5. The van der Waals surface area contributed by atoms with Crippen LogP contribution in [0.5, 0.6) is 0 Å². The van der Waals surface area contributed by atoms with Crippen molar-refractivity contribution in [1.29, 1.82) is 0 Å². The van der Waals surface area contributed by atoms with Gasteiger partial charge in [0.1, 0.15) is 11.6 Å². The molecular weight excluding hydrogens is 371 g/mol. The van der Waals surface area contributed by atoms with Gasteiger partial charge in [-0.1, -0.05) is 11.6 Å². The number of pyridine rings is 1. The molecule has 2 amide bonds. The molecule has 0 unspecified atom stereocenters. The molecule has 2 aromatic rings. The van der Waals surface area contributed by atoms with Gasteiger partial charge in [0.2, 0.25) is 11.8 Å². The van der Waals surface area contributed by atoms with Crippen LogP contribution in [-0.4, -0.2) is 47.9 Å². The number of carbonyl (C=O) groups excluding carboxylic acids is 2. The normalized spacial score (nSPS) is 14.1. The second-order valence-corrected chi connectivity index (χ2v) is 6.69. The maximum atomic E-state index is 13.0. The third-order valence-electron chi connectivity index (χ3n) is 4.38. The Bertz CT molecular complexity index is 790. The van der Waals surface area contributed by atoms with Gasteiger partial charge in [-0.3, -0.25) is 9.59 Å². The number of piperazine rings is 1. The van der Waals surface area contributed by atoms with Crippen molar-refractivity contribution in [2.75, 3.05) is 36.4 Å². The largest absolute Gasteiger partial charge is 0.368 e. The maximum absolute atomic E-state index is 13.0. The average molecular weight is 391 g/mol. The van der Waals surface area contributed by atoms with Gasteiger partial charge in [-0.25, -0.2) is 9.37 Å². The maximum Gasteiger partial charge on any atom is 0.226 e. The number of amides is 2. The van der Waals surface area contributed by atoms with E-state index in [4.69, 9.17) is 11.6 Å². The van der Waals surface area contributed by atoms with Gasteiger partial charge in [-0.2, -0.15) is 0 Å². The zero-order valence-corrected chi connectivity index (χ0v) is 15.5. The summed E-state index contributed by atoms with van der Waals surface area (Å²) in [5.41, 5.74) is 0.943. The van der Waals surface area contributed by atoms with Gasteiger partial charge in [0.15, 0.2) is 0 Å². The van der Waals surface area contributed by atoms with Crippen molar-refractivity contribution in [3.8, 4) is 0 Å². The minimum Gasteiger partial charge on any atom is -0.368 e. The summed E-state index contributed by atoms with van der Waals surface area (Å²) in [4.78, 5) is 32.1. The van der Waals surface area contributed by atoms with E-state index in [1.165, 1.54) is 18.3 Å². The fraction of sp³-hybridized carbons (Fsp3) is 0.316. The Kier molecular flexibility index (Phi) is 6.24. The predicted molar refractivity (Wildman–Crippen MR) is 102 cm³/mol. The number of nitrogens with zero attached hydrogens (tertiary/aromatic N) is 3. The smallest absolute Gasteiger partial charge is 0.226 e. The van der Waals surface area contributed by atoms with Crippen LogP contribution in [0.4, 0.5) is 15.9 Å². The van der Waals surface area contributed by atoms with Crippen LogP contribution in [0, 0.1) is 5.82 Å². The van der Waals surface area contributed by atoms with E-state index in [1.807, 2.05) is 0 Å². The van der Waals surface area contributed by atoms with E-state index < -0.39 is 0 Å². The van der Waals surface area contributed by atoms with Crippen LogP contribution in [-0.2, 0) is 9.59 Å². The standard InChI is InChI=1S/C19H20ClFN4O2/c20-14-1-6-17(22-13-14)23-18(26)7-8-19(27)25-11-9-24(10-12-25)16-4-2-15(21)3-5-16/h1-6,13H,7-12H2,(H,22,23,26). The fourth-order valence-electron chi connectivity index (χ4n) is 2.90. The van der Waals surface area contributed by atoms with E-state index in [1.54, 1.807) is 29.2 Å². The van der Waals surface area contributed by atoms with Crippen molar-refractivity contribution in [1.82, 2.24) is 9.88 Å². The molecule has 0 aliphatic carbocycles. The first-order valence-corrected chi connectivity index (χ1v) is 9.09. The monoisotopic (exact) mass is 390 g/mol. The minimum atomic E-state index is -0.264. The second kappa shape index (κ2) is 8.81. The van der Waals surface area contributed by atoms with Crippen molar-refractivity contribution >= 4 is 34.9 Å². The van der Waals surface area contributed by atoms with E-state index in [2.05, 4.69) is 15.2 Å². The molecule has 8 heteroatoms. The van der Waals surface area contributed by atoms with E-state index >= 15 is 0 Å². The highest BCUT2D eigenvalue weighted by atomic mass is 35.5. The number of anilines is 2. The average Bonchev–Trinajstić information content (AvgIpc) is 2.69. The van der Waals surface area contributed by atoms with Gasteiger partial charge >= 0.3 is 0 Å². The molecule has 1 aromatic heterocycles. The Morgan fingerprint density at radius 3 is 2.37 bits per heavy atom. The molecule has 1 aromatic carbocycles. The number of nitrogens with one attached hydrogen (secondary N) is 1. The molecule has 0 spiro atoms. The highest BCUT2D eigenvalue weighted by molar-refractivity contribution is 6.30. The molecule has 1 aliphatic heterocycles. The zero-order valence-electron chi connectivity index (χ0n) is 14.7. The van der Waals surface area contributed by atoms with Gasteiger partial charge in [0.05, 0.1) is 5.02 Å². The zero-order chi connectivity index (χ0) is 19.2. The minimum absolute atomic E-state index is 0.0482. The number of carbonyl (C=O) groups is 2. The van der Waals surface area contributed by atoms with Crippen LogP contribution in [0.25, 0.3) is 0 Å². The van der Waals surface area contributed by atoms with E-state index in [0.29, 0.717) is 37.0 Å². The van der Waals surface area contributed by atoms with Gasteiger partial charge < -0.3 is 15.1 Å². The van der Waals surface area contributed by atoms with Crippen molar-refractivity contribution < 1.29 is 14.0 Å². The summed E-state index contributed by atoms with van der Waals surface area (Å²) in [7, 11) is 0. The Balaban J connectivity index is 1.42. The molecular formula is C19H20ClFN4O2. The Hall–Kier alpha value is -2.67. The molecule has 1 aliphatic rings. The van der Waals surface area contributed by atoms with E-state index in [-0.39, 0.29) is 30.5 Å². The highest BCUT2D eigenvalue weighted by Gasteiger charge is 2.21. The summed E-state index contributed by atoms with van der Waals surface area (Å²) >= 11 is 5.75. The lowest BCUT2D eigenvalue weighted by Crippen LogP contribution is -2.48. The molecule has 0 atom stereocenters. The highest BCUT2D eigenvalue weighted by Crippen LogP contribution is 2.17. The number of halogens is 2. The molecule has 27 heavy (non-hydrogen) atoms. The molecule has 3 rings (SSSR count). The van der Waals surface area contributed by atoms with Crippen LogP contribution < -0.4 is 10.2 Å². The third kappa shape index (κ3) is 5.40. The first-order chi connectivity index (χ1) is 13.0. The summed E-state index contributed by atoms with van der Waals surface area (Å²) in [6, 6.07) is 9.58. The molecule has 1 N–H and O–H groups in total. The number of hydrogen-bond acceptors (Lipinski definition) is 4. The molecule has 1 saturated heterocycles. The van der Waals surface area contributed by atoms with Gasteiger partial charge in [0.25, 0.3) is 0 Å². The van der Waals surface area contributed by atoms with Crippen LogP contribution >= 0.6 is 11.6 Å². The molecule has 6 nitrogen and oxygen atoms in total.